The molecule has 28 heavy (non-hydrogen) atoms. The van der Waals surface area contributed by atoms with Gasteiger partial charge in [0.15, 0.2) is 0 Å². The molecule has 2 atom stereocenters. The zero-order valence-electron chi connectivity index (χ0n) is 16.4. The van der Waals surface area contributed by atoms with Gasteiger partial charge in [0, 0.05) is 43.7 Å². The van der Waals surface area contributed by atoms with E-state index in [0.717, 1.165) is 57.3 Å². The van der Waals surface area contributed by atoms with Crippen molar-refractivity contribution in [3.63, 3.8) is 0 Å². The van der Waals surface area contributed by atoms with Crippen LogP contribution in [0, 0.1) is 11.8 Å². The van der Waals surface area contributed by atoms with Gasteiger partial charge >= 0.3 is 0 Å². The smallest absolute Gasteiger partial charge is 0.246 e. The van der Waals surface area contributed by atoms with Gasteiger partial charge in [-0.15, -0.1) is 0 Å². The largest absolute Gasteiger partial charge is 0.342 e. The molecule has 2 unspecified atom stereocenters. The second kappa shape index (κ2) is 8.33. The highest BCUT2D eigenvalue weighted by Gasteiger charge is 2.41. The summed E-state index contributed by atoms with van der Waals surface area (Å²) in [7, 11) is 0. The van der Waals surface area contributed by atoms with E-state index in [1.807, 2.05) is 35.2 Å². The van der Waals surface area contributed by atoms with Crippen molar-refractivity contribution in [2.45, 2.75) is 38.5 Å². The lowest BCUT2D eigenvalue weighted by Gasteiger charge is -2.39. The van der Waals surface area contributed by atoms with E-state index < -0.39 is 0 Å². The van der Waals surface area contributed by atoms with E-state index >= 15 is 0 Å². The molecule has 2 heterocycles. The van der Waals surface area contributed by atoms with E-state index in [9.17, 15) is 14.4 Å². The lowest BCUT2D eigenvalue weighted by molar-refractivity contribution is -0.149. The standard InChI is InChI=1S/C22H29N3O3/c26-20-16-24(14-15-25(20)17-8-2-1-3-9-17)22(28)19-11-5-4-10-18(19)21(27)23-12-6-7-13-23/h1-3,8-9,18-19H,4-7,10-16H2. The van der Waals surface area contributed by atoms with Crippen LogP contribution in [0.15, 0.2) is 30.3 Å². The number of rotatable bonds is 3. The number of benzene rings is 1. The van der Waals surface area contributed by atoms with Crippen LogP contribution in [0.4, 0.5) is 5.69 Å². The predicted molar refractivity (Wildman–Crippen MR) is 107 cm³/mol. The summed E-state index contributed by atoms with van der Waals surface area (Å²) in [6.45, 7) is 2.79. The van der Waals surface area contributed by atoms with Crippen LogP contribution in [0.1, 0.15) is 38.5 Å². The van der Waals surface area contributed by atoms with Gasteiger partial charge in [0.1, 0.15) is 6.54 Å². The zero-order valence-corrected chi connectivity index (χ0v) is 16.4. The van der Waals surface area contributed by atoms with E-state index in [1.54, 1.807) is 9.80 Å². The highest BCUT2D eigenvalue weighted by molar-refractivity contribution is 5.98. The Balaban J connectivity index is 1.43. The van der Waals surface area contributed by atoms with Crippen LogP contribution in [-0.4, -0.2) is 60.2 Å². The SMILES string of the molecule is O=C(C1CCCCC1C(=O)N1CCN(c2ccccc2)C(=O)C1)N1CCCC1. The van der Waals surface area contributed by atoms with Crippen LogP contribution in [0.3, 0.4) is 0 Å². The molecule has 3 amide bonds. The average Bonchev–Trinajstić information content (AvgIpc) is 3.28. The first-order valence-corrected chi connectivity index (χ1v) is 10.6. The number of hydrogen-bond acceptors (Lipinski definition) is 3. The molecule has 150 valence electrons. The van der Waals surface area contributed by atoms with Crippen LogP contribution in [0.2, 0.25) is 0 Å². The molecule has 1 saturated carbocycles. The van der Waals surface area contributed by atoms with Gasteiger partial charge in [-0.25, -0.2) is 0 Å². The summed E-state index contributed by atoms with van der Waals surface area (Å²) in [5, 5.41) is 0. The van der Waals surface area contributed by atoms with Gasteiger partial charge in [-0.3, -0.25) is 14.4 Å². The van der Waals surface area contributed by atoms with Crippen LogP contribution in [0.25, 0.3) is 0 Å². The van der Waals surface area contributed by atoms with Crippen molar-refractivity contribution in [2.24, 2.45) is 11.8 Å². The number of amides is 3. The van der Waals surface area contributed by atoms with Gasteiger partial charge in [-0.2, -0.15) is 0 Å². The first kappa shape index (κ1) is 19.0. The maximum Gasteiger partial charge on any atom is 0.246 e. The Bertz CT molecular complexity index is 730. The van der Waals surface area contributed by atoms with E-state index in [1.165, 1.54) is 0 Å². The van der Waals surface area contributed by atoms with Crippen LogP contribution in [-0.2, 0) is 14.4 Å². The molecule has 3 aliphatic rings. The Morgan fingerprint density at radius 1 is 0.750 bits per heavy atom. The Labute approximate surface area is 166 Å². The molecule has 1 aromatic carbocycles. The summed E-state index contributed by atoms with van der Waals surface area (Å²) in [6.07, 6.45) is 5.67. The first-order chi connectivity index (χ1) is 13.6. The third-order valence-electron chi connectivity index (χ3n) is 6.42. The topological polar surface area (TPSA) is 60.9 Å². The molecule has 1 aromatic rings. The average molecular weight is 383 g/mol. The molecule has 0 bridgehead atoms. The molecule has 1 aliphatic carbocycles. The molecule has 0 N–H and O–H groups in total. The predicted octanol–water partition coefficient (Wildman–Crippen LogP) is 2.29. The summed E-state index contributed by atoms with van der Waals surface area (Å²) in [6, 6.07) is 9.59. The summed E-state index contributed by atoms with van der Waals surface area (Å²) in [5.41, 5.74) is 0.874. The van der Waals surface area contributed by atoms with Crippen molar-refractivity contribution in [1.82, 2.24) is 9.80 Å². The number of carbonyl (C=O) groups is 3. The van der Waals surface area contributed by atoms with E-state index in [2.05, 4.69) is 0 Å². The summed E-state index contributed by atoms with van der Waals surface area (Å²) in [4.78, 5) is 44.3. The Morgan fingerprint density at radius 2 is 1.36 bits per heavy atom. The highest BCUT2D eigenvalue weighted by atomic mass is 16.2. The van der Waals surface area contributed by atoms with Crippen LogP contribution < -0.4 is 4.90 Å². The van der Waals surface area contributed by atoms with Crippen molar-refractivity contribution in [3.8, 4) is 0 Å². The van der Waals surface area contributed by atoms with Crippen molar-refractivity contribution in [3.05, 3.63) is 30.3 Å². The second-order valence-electron chi connectivity index (χ2n) is 8.17. The molecule has 4 rings (SSSR count). The minimum Gasteiger partial charge on any atom is -0.342 e. The maximum absolute atomic E-state index is 13.3. The summed E-state index contributed by atoms with van der Waals surface area (Å²) in [5.74, 6) is -0.369. The van der Waals surface area contributed by atoms with Crippen LogP contribution in [0.5, 0.6) is 0 Å². The first-order valence-electron chi connectivity index (χ1n) is 10.6. The Morgan fingerprint density at radius 3 is 1.96 bits per heavy atom. The second-order valence-corrected chi connectivity index (χ2v) is 8.17. The van der Waals surface area contributed by atoms with Crippen molar-refractivity contribution >= 4 is 23.4 Å². The minimum absolute atomic E-state index is 0.00157. The molecule has 2 saturated heterocycles. The molecule has 6 nitrogen and oxygen atoms in total. The minimum atomic E-state index is -0.266. The molecule has 2 aliphatic heterocycles. The molecule has 3 fully saturated rings. The number of para-hydroxylation sites is 1. The van der Waals surface area contributed by atoms with Crippen LogP contribution >= 0.6 is 0 Å². The summed E-state index contributed by atoms with van der Waals surface area (Å²) < 4.78 is 0. The van der Waals surface area contributed by atoms with Crippen molar-refractivity contribution in [1.29, 1.82) is 0 Å². The monoisotopic (exact) mass is 383 g/mol. The van der Waals surface area contributed by atoms with E-state index in [4.69, 9.17) is 0 Å². The van der Waals surface area contributed by atoms with Crippen molar-refractivity contribution in [2.75, 3.05) is 37.6 Å². The molecule has 0 spiro atoms. The Kier molecular flexibility index (Phi) is 5.64. The maximum atomic E-state index is 13.3. The van der Waals surface area contributed by atoms with Gasteiger partial charge in [-0.1, -0.05) is 31.0 Å². The lowest BCUT2D eigenvalue weighted by Crippen LogP contribution is -2.55. The molecule has 0 aromatic heterocycles. The Hall–Kier alpha value is -2.37. The van der Waals surface area contributed by atoms with Gasteiger partial charge in [-0.05, 0) is 37.8 Å². The van der Waals surface area contributed by atoms with Crippen molar-refractivity contribution < 1.29 is 14.4 Å². The number of likely N-dealkylation sites (tertiary alicyclic amines) is 1. The molecule has 6 heteroatoms. The van der Waals surface area contributed by atoms with Gasteiger partial charge < -0.3 is 14.7 Å². The molecular formula is C22H29N3O3. The third-order valence-corrected chi connectivity index (χ3v) is 6.42. The van der Waals surface area contributed by atoms with Gasteiger partial charge in [0.25, 0.3) is 0 Å². The number of piperazine rings is 1. The highest BCUT2D eigenvalue weighted by Crippen LogP contribution is 2.34. The quantitative estimate of drug-likeness (QED) is 0.805. The molecular weight excluding hydrogens is 354 g/mol. The fourth-order valence-electron chi connectivity index (χ4n) is 4.87. The van der Waals surface area contributed by atoms with E-state index in [0.29, 0.717) is 13.1 Å². The fraction of sp³-hybridized carbons (Fsp3) is 0.591. The number of hydrogen-bond donors (Lipinski definition) is 0. The molecule has 0 radical (unpaired) electrons. The normalized spacial score (nSPS) is 25.9. The number of carbonyl (C=O) groups excluding carboxylic acids is 3. The van der Waals surface area contributed by atoms with Gasteiger partial charge in [0.2, 0.25) is 17.7 Å². The van der Waals surface area contributed by atoms with Gasteiger partial charge in [0.05, 0.1) is 0 Å². The summed E-state index contributed by atoms with van der Waals surface area (Å²) >= 11 is 0. The lowest BCUT2D eigenvalue weighted by atomic mass is 9.77. The fourth-order valence-corrected chi connectivity index (χ4v) is 4.87. The third kappa shape index (κ3) is 3.77. The number of nitrogens with zero attached hydrogens (tertiary/aromatic N) is 3. The number of anilines is 1. The van der Waals surface area contributed by atoms with E-state index in [-0.39, 0.29) is 36.1 Å². The zero-order chi connectivity index (χ0) is 19.5.